The molecule has 1 saturated carbocycles. The molecule has 0 aromatic carbocycles. The van der Waals surface area contributed by atoms with Crippen LogP contribution in [0.3, 0.4) is 0 Å². The Bertz CT molecular complexity index is 492. The van der Waals surface area contributed by atoms with Crippen molar-refractivity contribution >= 4 is 11.9 Å². The lowest BCUT2D eigenvalue weighted by atomic mass is 9.79. The minimum absolute atomic E-state index is 0.0518. The molecule has 2 rings (SSSR count). The summed E-state index contributed by atoms with van der Waals surface area (Å²) in [7, 11) is 0. The highest BCUT2D eigenvalue weighted by Gasteiger charge is 2.36. The third kappa shape index (κ3) is 3.34. The Hall–Kier alpha value is -1.92. The minimum atomic E-state index is -0.892. The molecule has 1 aromatic heterocycles. The number of carboxylic acids is 1. The van der Waals surface area contributed by atoms with Crippen LogP contribution in [-0.4, -0.2) is 37.7 Å². The average Bonchev–Trinajstić information content (AvgIpc) is 2.87. The third-order valence-electron chi connectivity index (χ3n) is 3.75. The second kappa shape index (κ2) is 6.02. The van der Waals surface area contributed by atoms with Gasteiger partial charge in [0.2, 0.25) is 5.82 Å². The van der Waals surface area contributed by atoms with Crippen LogP contribution in [0.25, 0.3) is 0 Å². The zero-order valence-electron chi connectivity index (χ0n) is 11.6. The Labute approximate surface area is 117 Å². The van der Waals surface area contributed by atoms with E-state index in [2.05, 4.69) is 20.5 Å². The largest absolute Gasteiger partial charge is 0.481 e. The van der Waals surface area contributed by atoms with Crippen LogP contribution in [0.1, 0.15) is 61.9 Å². The number of H-pyrrole nitrogens is 1. The number of aliphatic carboxylic acids is 1. The van der Waals surface area contributed by atoms with Gasteiger partial charge in [-0.05, 0) is 12.8 Å². The maximum absolute atomic E-state index is 12.2. The number of aromatic nitrogens is 3. The molecule has 0 unspecified atom stereocenters. The number of hydrogen-bond acceptors (Lipinski definition) is 4. The van der Waals surface area contributed by atoms with E-state index in [1.165, 1.54) is 0 Å². The first-order valence-corrected chi connectivity index (χ1v) is 7.00. The Balaban J connectivity index is 2.10. The van der Waals surface area contributed by atoms with Crippen LogP contribution in [0.5, 0.6) is 0 Å². The van der Waals surface area contributed by atoms with Crippen LogP contribution in [0.15, 0.2) is 0 Å². The summed E-state index contributed by atoms with van der Waals surface area (Å²) in [5, 5.41) is 18.5. The van der Waals surface area contributed by atoms with Gasteiger partial charge in [0.25, 0.3) is 5.91 Å². The maximum Gasteiger partial charge on any atom is 0.305 e. The number of amides is 1. The van der Waals surface area contributed by atoms with Crippen LogP contribution in [0.2, 0.25) is 0 Å². The molecular formula is C13H20N4O3. The van der Waals surface area contributed by atoms with E-state index in [0.29, 0.717) is 25.1 Å². The highest BCUT2D eigenvalue weighted by Crippen LogP contribution is 2.31. The van der Waals surface area contributed by atoms with E-state index in [4.69, 9.17) is 5.11 Å². The van der Waals surface area contributed by atoms with Crippen molar-refractivity contribution in [2.75, 3.05) is 0 Å². The molecule has 1 aromatic rings. The number of aromatic amines is 1. The van der Waals surface area contributed by atoms with E-state index in [1.807, 2.05) is 6.92 Å². The van der Waals surface area contributed by atoms with Crippen molar-refractivity contribution in [2.24, 2.45) is 0 Å². The molecule has 0 bridgehead atoms. The van der Waals surface area contributed by atoms with Crippen LogP contribution in [0.4, 0.5) is 0 Å². The smallest absolute Gasteiger partial charge is 0.305 e. The Morgan fingerprint density at radius 2 is 2.05 bits per heavy atom. The molecule has 110 valence electrons. The lowest BCUT2D eigenvalue weighted by Crippen LogP contribution is -2.51. The Kier molecular flexibility index (Phi) is 4.36. The molecule has 20 heavy (non-hydrogen) atoms. The van der Waals surface area contributed by atoms with E-state index in [0.717, 1.165) is 19.3 Å². The van der Waals surface area contributed by atoms with Crippen molar-refractivity contribution in [3.05, 3.63) is 11.6 Å². The number of nitrogens with one attached hydrogen (secondary N) is 2. The molecule has 0 atom stereocenters. The van der Waals surface area contributed by atoms with Crippen molar-refractivity contribution in [1.29, 1.82) is 0 Å². The average molecular weight is 280 g/mol. The Morgan fingerprint density at radius 1 is 1.35 bits per heavy atom. The maximum atomic E-state index is 12.2. The van der Waals surface area contributed by atoms with E-state index in [-0.39, 0.29) is 12.2 Å². The van der Waals surface area contributed by atoms with E-state index in [1.54, 1.807) is 0 Å². The standard InChI is InChI=1S/C13H20N4O3/c1-2-9-14-11(17-16-9)12(20)15-13(8-10(18)19)6-4-3-5-7-13/h2-8H2,1H3,(H,15,20)(H,18,19)(H,14,16,17). The molecule has 1 fully saturated rings. The number of hydrogen-bond donors (Lipinski definition) is 3. The quantitative estimate of drug-likeness (QED) is 0.752. The van der Waals surface area contributed by atoms with Gasteiger partial charge in [0.05, 0.1) is 12.0 Å². The summed E-state index contributed by atoms with van der Waals surface area (Å²) in [5.74, 6) is -0.566. The van der Waals surface area contributed by atoms with Crippen molar-refractivity contribution < 1.29 is 14.7 Å². The van der Waals surface area contributed by atoms with Gasteiger partial charge in [0.1, 0.15) is 5.82 Å². The second-order valence-corrected chi connectivity index (χ2v) is 5.32. The van der Waals surface area contributed by atoms with Gasteiger partial charge in [-0.3, -0.25) is 14.7 Å². The van der Waals surface area contributed by atoms with Gasteiger partial charge in [-0.25, -0.2) is 4.98 Å². The van der Waals surface area contributed by atoms with Gasteiger partial charge in [0, 0.05) is 6.42 Å². The van der Waals surface area contributed by atoms with E-state index < -0.39 is 17.4 Å². The minimum Gasteiger partial charge on any atom is -0.481 e. The first-order chi connectivity index (χ1) is 9.54. The number of aryl methyl sites for hydroxylation is 1. The predicted octanol–water partition coefficient (Wildman–Crippen LogP) is 1.27. The molecule has 7 heteroatoms. The lowest BCUT2D eigenvalue weighted by Gasteiger charge is -2.36. The predicted molar refractivity (Wildman–Crippen MR) is 71.3 cm³/mol. The third-order valence-corrected chi connectivity index (χ3v) is 3.75. The number of carbonyl (C=O) groups excluding carboxylic acids is 1. The summed E-state index contributed by atoms with van der Waals surface area (Å²) in [5.41, 5.74) is -0.659. The molecule has 1 aliphatic carbocycles. The van der Waals surface area contributed by atoms with Gasteiger partial charge >= 0.3 is 5.97 Å². The first-order valence-electron chi connectivity index (χ1n) is 7.00. The van der Waals surface area contributed by atoms with Crippen LogP contribution in [-0.2, 0) is 11.2 Å². The van der Waals surface area contributed by atoms with E-state index >= 15 is 0 Å². The highest BCUT2D eigenvalue weighted by molar-refractivity contribution is 5.91. The highest BCUT2D eigenvalue weighted by atomic mass is 16.4. The number of rotatable bonds is 5. The normalized spacial score (nSPS) is 17.6. The summed E-state index contributed by atoms with van der Waals surface area (Å²) in [6.45, 7) is 1.91. The molecule has 1 aliphatic rings. The first kappa shape index (κ1) is 14.5. The number of carboxylic acid groups (broad SMARTS) is 1. The fourth-order valence-corrected chi connectivity index (χ4v) is 2.72. The van der Waals surface area contributed by atoms with Crippen LogP contribution < -0.4 is 5.32 Å². The van der Waals surface area contributed by atoms with Crippen molar-refractivity contribution in [2.45, 2.75) is 57.4 Å². The zero-order valence-corrected chi connectivity index (χ0v) is 11.6. The topological polar surface area (TPSA) is 108 Å². The molecule has 0 saturated heterocycles. The SMILES string of the molecule is CCc1nc(C(=O)NC2(CC(=O)O)CCCCC2)n[nH]1. The molecular weight excluding hydrogens is 260 g/mol. The molecule has 3 N–H and O–H groups in total. The van der Waals surface area contributed by atoms with Crippen molar-refractivity contribution in [3.8, 4) is 0 Å². The zero-order chi connectivity index (χ0) is 14.6. The second-order valence-electron chi connectivity index (χ2n) is 5.32. The molecule has 0 aliphatic heterocycles. The molecule has 1 amide bonds. The number of nitrogens with zero attached hydrogens (tertiary/aromatic N) is 2. The molecule has 1 heterocycles. The fourth-order valence-electron chi connectivity index (χ4n) is 2.72. The Morgan fingerprint density at radius 3 is 2.60 bits per heavy atom. The van der Waals surface area contributed by atoms with Crippen LogP contribution in [0, 0.1) is 0 Å². The van der Waals surface area contributed by atoms with Gasteiger partial charge < -0.3 is 10.4 Å². The van der Waals surface area contributed by atoms with Gasteiger partial charge in [-0.1, -0.05) is 26.2 Å². The molecule has 7 nitrogen and oxygen atoms in total. The summed E-state index contributed by atoms with van der Waals surface area (Å²) < 4.78 is 0. The molecule has 0 radical (unpaired) electrons. The lowest BCUT2D eigenvalue weighted by molar-refractivity contribution is -0.139. The van der Waals surface area contributed by atoms with E-state index in [9.17, 15) is 9.59 Å². The summed E-state index contributed by atoms with van der Waals surface area (Å²) in [4.78, 5) is 27.3. The summed E-state index contributed by atoms with van der Waals surface area (Å²) >= 11 is 0. The van der Waals surface area contributed by atoms with Crippen LogP contribution >= 0.6 is 0 Å². The molecule has 0 spiro atoms. The van der Waals surface area contributed by atoms with Gasteiger partial charge in [-0.15, -0.1) is 5.10 Å². The van der Waals surface area contributed by atoms with Crippen molar-refractivity contribution in [1.82, 2.24) is 20.5 Å². The fraction of sp³-hybridized carbons (Fsp3) is 0.692. The number of carbonyl (C=O) groups is 2. The van der Waals surface area contributed by atoms with Crippen molar-refractivity contribution in [3.63, 3.8) is 0 Å². The van der Waals surface area contributed by atoms with Gasteiger partial charge in [0.15, 0.2) is 0 Å². The van der Waals surface area contributed by atoms with Gasteiger partial charge in [-0.2, -0.15) is 0 Å². The monoisotopic (exact) mass is 280 g/mol. The summed E-state index contributed by atoms with van der Waals surface area (Å²) in [6.07, 6.45) is 4.94. The summed E-state index contributed by atoms with van der Waals surface area (Å²) in [6, 6.07) is 0.